The Bertz CT molecular complexity index is 428. The molecule has 1 aliphatic heterocycles. The molecule has 0 spiro atoms. The number of amides is 1. The van der Waals surface area contributed by atoms with Gasteiger partial charge in [-0.15, -0.1) is 0 Å². The van der Waals surface area contributed by atoms with Crippen molar-refractivity contribution in [1.29, 1.82) is 0 Å². The summed E-state index contributed by atoms with van der Waals surface area (Å²) >= 11 is 0. The van der Waals surface area contributed by atoms with Gasteiger partial charge >= 0.3 is 0 Å². The monoisotopic (exact) mass is 262 g/mol. The molecule has 1 aromatic rings. The zero-order valence-electron chi connectivity index (χ0n) is 11.7. The molecule has 1 aliphatic rings. The van der Waals surface area contributed by atoms with Gasteiger partial charge in [0.15, 0.2) is 0 Å². The van der Waals surface area contributed by atoms with Crippen LogP contribution in [0.2, 0.25) is 0 Å². The Hall–Kier alpha value is -1.55. The van der Waals surface area contributed by atoms with Crippen LogP contribution in [0.25, 0.3) is 0 Å². The summed E-state index contributed by atoms with van der Waals surface area (Å²) in [4.78, 5) is 13.0. The Kier molecular flexibility index (Phi) is 4.80. The molecule has 0 bridgehead atoms. The number of carbonyl (C=O) groups is 1. The van der Waals surface area contributed by atoms with Crippen LogP contribution in [0.4, 0.5) is 5.69 Å². The second-order valence-electron chi connectivity index (χ2n) is 5.14. The van der Waals surface area contributed by atoms with Crippen LogP contribution in [0.5, 0.6) is 0 Å². The lowest BCUT2D eigenvalue weighted by Crippen LogP contribution is -2.24. The fraction of sp³-hybridized carbons (Fsp3) is 0.533. The zero-order valence-corrected chi connectivity index (χ0v) is 11.7. The predicted octanol–water partition coefficient (Wildman–Crippen LogP) is 2.11. The lowest BCUT2D eigenvalue weighted by atomic mass is 10.1. The van der Waals surface area contributed by atoms with E-state index in [-0.39, 0.29) is 5.91 Å². The van der Waals surface area contributed by atoms with Crippen molar-refractivity contribution in [2.24, 2.45) is 5.92 Å². The molecular weight excluding hydrogens is 240 g/mol. The van der Waals surface area contributed by atoms with E-state index in [2.05, 4.69) is 17.4 Å². The smallest absolute Gasteiger partial charge is 0.219 e. The Balaban J connectivity index is 1.96. The number of carbonyl (C=O) groups excluding carboxylic acids is 1. The quantitative estimate of drug-likeness (QED) is 0.883. The molecule has 1 saturated heterocycles. The number of anilines is 1. The Morgan fingerprint density at radius 3 is 2.95 bits per heavy atom. The van der Waals surface area contributed by atoms with Crippen molar-refractivity contribution in [2.75, 3.05) is 32.1 Å². The largest absolute Gasteiger partial charge is 0.384 e. The number of nitrogens with zero attached hydrogens (tertiary/aromatic N) is 1. The normalized spacial score (nSPS) is 18.3. The maximum atomic E-state index is 11.3. The lowest BCUT2D eigenvalue weighted by molar-refractivity contribution is -0.128. The molecule has 1 aromatic carbocycles. The summed E-state index contributed by atoms with van der Waals surface area (Å²) in [6.45, 7) is 4.88. The molecule has 4 nitrogen and oxygen atoms in total. The first-order valence-electron chi connectivity index (χ1n) is 6.78. The van der Waals surface area contributed by atoms with Gasteiger partial charge in [0.05, 0.1) is 6.61 Å². The van der Waals surface area contributed by atoms with E-state index >= 15 is 0 Å². The third-order valence-corrected chi connectivity index (χ3v) is 3.57. The average molecular weight is 262 g/mol. The first kappa shape index (κ1) is 13.9. The van der Waals surface area contributed by atoms with Gasteiger partial charge in [0.2, 0.25) is 5.91 Å². The standard InChI is InChI=1S/C15H22N2O2/c1-12(18)17(2)10-14-5-3-4-6-15(14)16-9-13-7-8-19-11-13/h3-6,13,16H,7-11H2,1-2H3. The van der Waals surface area contributed by atoms with E-state index in [0.29, 0.717) is 12.5 Å². The van der Waals surface area contributed by atoms with E-state index in [1.807, 2.05) is 19.2 Å². The molecule has 1 N–H and O–H groups in total. The topological polar surface area (TPSA) is 41.6 Å². The number of hydrogen-bond acceptors (Lipinski definition) is 3. The van der Waals surface area contributed by atoms with Crippen molar-refractivity contribution in [1.82, 2.24) is 4.90 Å². The highest BCUT2D eigenvalue weighted by atomic mass is 16.5. The first-order valence-corrected chi connectivity index (χ1v) is 6.78. The summed E-state index contributed by atoms with van der Waals surface area (Å²) < 4.78 is 5.38. The summed E-state index contributed by atoms with van der Waals surface area (Å²) in [7, 11) is 1.82. The summed E-state index contributed by atoms with van der Waals surface area (Å²) in [5.74, 6) is 0.678. The molecule has 0 aromatic heterocycles. The highest BCUT2D eigenvalue weighted by Crippen LogP contribution is 2.19. The van der Waals surface area contributed by atoms with Crippen LogP contribution in [0.1, 0.15) is 18.9 Å². The highest BCUT2D eigenvalue weighted by Gasteiger charge is 2.15. The van der Waals surface area contributed by atoms with Crippen molar-refractivity contribution in [3.8, 4) is 0 Å². The highest BCUT2D eigenvalue weighted by molar-refractivity contribution is 5.73. The molecule has 1 heterocycles. The third kappa shape index (κ3) is 3.96. The van der Waals surface area contributed by atoms with Crippen molar-refractivity contribution in [2.45, 2.75) is 19.9 Å². The SMILES string of the molecule is CC(=O)N(C)Cc1ccccc1NCC1CCOC1. The average Bonchev–Trinajstić information content (AvgIpc) is 2.90. The molecule has 104 valence electrons. The molecule has 0 aliphatic carbocycles. The van der Waals surface area contributed by atoms with Crippen LogP contribution in [-0.2, 0) is 16.1 Å². The van der Waals surface area contributed by atoms with Gasteiger partial charge in [0.25, 0.3) is 0 Å². The molecule has 1 amide bonds. The summed E-state index contributed by atoms with van der Waals surface area (Å²) in [6.07, 6.45) is 1.13. The van der Waals surface area contributed by atoms with Gasteiger partial charge in [-0.3, -0.25) is 4.79 Å². The second-order valence-corrected chi connectivity index (χ2v) is 5.14. The number of rotatable bonds is 5. The third-order valence-electron chi connectivity index (χ3n) is 3.57. The van der Waals surface area contributed by atoms with Crippen LogP contribution < -0.4 is 5.32 Å². The van der Waals surface area contributed by atoms with E-state index in [9.17, 15) is 4.79 Å². The van der Waals surface area contributed by atoms with Gasteiger partial charge in [0, 0.05) is 45.3 Å². The van der Waals surface area contributed by atoms with Crippen molar-refractivity contribution in [3.63, 3.8) is 0 Å². The predicted molar refractivity (Wildman–Crippen MR) is 76.0 cm³/mol. The van der Waals surface area contributed by atoms with Crippen molar-refractivity contribution < 1.29 is 9.53 Å². The zero-order chi connectivity index (χ0) is 13.7. The maximum absolute atomic E-state index is 11.3. The number of nitrogens with one attached hydrogen (secondary N) is 1. The minimum atomic E-state index is 0.0824. The van der Waals surface area contributed by atoms with Crippen molar-refractivity contribution >= 4 is 11.6 Å². The van der Waals surface area contributed by atoms with Crippen LogP contribution in [-0.4, -0.2) is 37.6 Å². The van der Waals surface area contributed by atoms with E-state index in [0.717, 1.165) is 37.4 Å². The van der Waals surface area contributed by atoms with Gasteiger partial charge in [-0.1, -0.05) is 18.2 Å². The Morgan fingerprint density at radius 2 is 2.26 bits per heavy atom. The van der Waals surface area contributed by atoms with Gasteiger partial charge in [-0.05, 0) is 18.1 Å². The van der Waals surface area contributed by atoms with Gasteiger partial charge in [-0.2, -0.15) is 0 Å². The van der Waals surface area contributed by atoms with Crippen LogP contribution in [0.15, 0.2) is 24.3 Å². The number of hydrogen-bond donors (Lipinski definition) is 1. The molecule has 1 unspecified atom stereocenters. The molecule has 1 fully saturated rings. The molecule has 0 radical (unpaired) electrons. The van der Waals surface area contributed by atoms with Crippen LogP contribution >= 0.6 is 0 Å². The van der Waals surface area contributed by atoms with E-state index in [1.165, 1.54) is 0 Å². The van der Waals surface area contributed by atoms with Crippen LogP contribution in [0.3, 0.4) is 0 Å². The minimum absolute atomic E-state index is 0.0824. The number of ether oxygens (including phenoxy) is 1. The molecule has 0 saturated carbocycles. The summed E-state index contributed by atoms with van der Waals surface area (Å²) in [5.41, 5.74) is 2.27. The van der Waals surface area contributed by atoms with Crippen LogP contribution in [0, 0.1) is 5.92 Å². The second kappa shape index (κ2) is 6.57. The maximum Gasteiger partial charge on any atom is 0.219 e. The summed E-state index contributed by atoms with van der Waals surface area (Å²) in [5, 5.41) is 3.48. The molecular formula is C15H22N2O2. The Labute approximate surface area is 114 Å². The van der Waals surface area contributed by atoms with Gasteiger partial charge in [0.1, 0.15) is 0 Å². The van der Waals surface area contributed by atoms with Gasteiger partial charge in [-0.25, -0.2) is 0 Å². The molecule has 19 heavy (non-hydrogen) atoms. The minimum Gasteiger partial charge on any atom is -0.384 e. The van der Waals surface area contributed by atoms with E-state index < -0.39 is 0 Å². The number of benzene rings is 1. The molecule has 2 rings (SSSR count). The number of para-hydroxylation sites is 1. The fourth-order valence-electron chi connectivity index (χ4n) is 2.20. The van der Waals surface area contributed by atoms with Gasteiger partial charge < -0.3 is 15.0 Å². The Morgan fingerprint density at radius 1 is 1.47 bits per heavy atom. The molecule has 4 heteroatoms. The van der Waals surface area contributed by atoms with E-state index in [1.54, 1.807) is 11.8 Å². The van der Waals surface area contributed by atoms with E-state index in [4.69, 9.17) is 4.74 Å². The fourth-order valence-corrected chi connectivity index (χ4v) is 2.20. The van der Waals surface area contributed by atoms with Crippen molar-refractivity contribution in [3.05, 3.63) is 29.8 Å². The first-order chi connectivity index (χ1) is 9.16. The molecule has 1 atom stereocenters. The summed E-state index contributed by atoms with van der Waals surface area (Å²) in [6, 6.07) is 8.16. The lowest BCUT2D eigenvalue weighted by Gasteiger charge is -2.19.